The minimum Gasteiger partial charge on any atom is -0.497 e. The molecule has 0 spiro atoms. The van der Waals surface area contributed by atoms with Crippen molar-refractivity contribution < 1.29 is 38.9 Å². The van der Waals surface area contributed by atoms with Crippen LogP contribution in [0.4, 0.5) is 0 Å². The molecule has 5 atom stereocenters. The van der Waals surface area contributed by atoms with Crippen LogP contribution >= 0.6 is 0 Å². The number of rotatable bonds is 13. The first-order valence-electron chi connectivity index (χ1n) is 14.7. The highest BCUT2D eigenvalue weighted by Gasteiger charge is 2.40. The van der Waals surface area contributed by atoms with Crippen LogP contribution in [0.3, 0.4) is 0 Å². The molecule has 41 heavy (non-hydrogen) atoms. The van der Waals surface area contributed by atoms with Crippen LogP contribution < -0.4 is 20.7 Å². The van der Waals surface area contributed by atoms with Crippen LogP contribution in [-0.4, -0.2) is 77.8 Å². The number of aliphatic hydroxyl groups excluding tert-OH is 2. The number of amides is 3. The number of Topliss-reactive ketones (excluding diaryl/α,β-unsaturated/α-hetero) is 1. The van der Waals surface area contributed by atoms with Crippen LogP contribution in [0.25, 0.3) is 0 Å². The zero-order chi connectivity index (χ0) is 29.5. The Labute approximate surface area is 240 Å². The molecule has 11 nitrogen and oxygen atoms in total. The number of carbonyl (C=O) groups excluding carboxylic acids is 4. The van der Waals surface area contributed by atoms with Gasteiger partial charge in [-0.25, -0.2) is 0 Å². The fourth-order valence-electron chi connectivity index (χ4n) is 5.82. The van der Waals surface area contributed by atoms with Gasteiger partial charge in [-0.2, -0.15) is 0 Å². The van der Waals surface area contributed by atoms with Gasteiger partial charge >= 0.3 is 0 Å². The zero-order valence-corrected chi connectivity index (χ0v) is 23.8. The lowest BCUT2D eigenvalue weighted by Crippen LogP contribution is -2.57. The Balaban J connectivity index is 1.47. The molecule has 2 saturated carbocycles. The van der Waals surface area contributed by atoms with E-state index in [1.54, 1.807) is 24.3 Å². The zero-order valence-electron chi connectivity index (χ0n) is 23.8. The Morgan fingerprint density at radius 3 is 2.17 bits per heavy atom. The van der Waals surface area contributed by atoms with Crippen molar-refractivity contribution in [3.8, 4) is 5.75 Å². The second kappa shape index (κ2) is 14.2. The van der Waals surface area contributed by atoms with Gasteiger partial charge in [-0.1, -0.05) is 37.8 Å². The molecule has 4 rings (SSSR count). The SMILES string of the molecule is COc1ccc([C@@H](O)[C@H](NC(=O)[C@@H](C)NC(=O)C2CCC(O)CC2)C(=O)N[C@@H](CC2CCCC2)C(=O)[C@H]2CO2)cc1. The Morgan fingerprint density at radius 2 is 1.59 bits per heavy atom. The van der Waals surface area contributed by atoms with Gasteiger partial charge in [0.15, 0.2) is 5.78 Å². The molecule has 3 amide bonds. The average Bonchev–Trinajstić information content (AvgIpc) is 3.70. The molecule has 3 fully saturated rings. The molecule has 226 valence electrons. The summed E-state index contributed by atoms with van der Waals surface area (Å²) >= 11 is 0. The van der Waals surface area contributed by atoms with Gasteiger partial charge in [-0.05, 0) is 62.6 Å². The van der Waals surface area contributed by atoms with E-state index in [0.29, 0.717) is 55.9 Å². The van der Waals surface area contributed by atoms with Crippen molar-refractivity contribution in [2.45, 2.75) is 101 Å². The van der Waals surface area contributed by atoms with E-state index in [4.69, 9.17) is 9.47 Å². The first-order chi connectivity index (χ1) is 19.7. The highest BCUT2D eigenvalue weighted by Crippen LogP contribution is 2.30. The smallest absolute Gasteiger partial charge is 0.246 e. The molecule has 0 bridgehead atoms. The fraction of sp³-hybridized carbons (Fsp3) is 0.667. The minimum absolute atomic E-state index is 0.201. The molecule has 0 radical (unpaired) electrons. The third-order valence-electron chi connectivity index (χ3n) is 8.53. The first kappa shape index (κ1) is 30.9. The quantitative estimate of drug-likeness (QED) is 0.220. The number of nitrogens with one attached hydrogen (secondary N) is 3. The van der Waals surface area contributed by atoms with Gasteiger partial charge in [-0.15, -0.1) is 0 Å². The molecular weight excluding hydrogens is 530 g/mol. The van der Waals surface area contributed by atoms with Crippen molar-refractivity contribution in [1.29, 1.82) is 0 Å². The maximum absolute atomic E-state index is 13.7. The van der Waals surface area contributed by atoms with Gasteiger partial charge in [0.1, 0.15) is 30.0 Å². The van der Waals surface area contributed by atoms with E-state index >= 15 is 0 Å². The van der Waals surface area contributed by atoms with Gasteiger partial charge in [0.25, 0.3) is 0 Å². The standard InChI is InChI=1S/C30H43N3O8/c1-17(31-29(38)20-7-11-21(34)12-8-20)28(37)33-25(26(35)19-9-13-22(40-2)14-10-19)30(39)32-23(27(36)24-16-41-24)15-18-5-3-4-6-18/h9-10,13-14,17-18,20-21,23-26,34-35H,3-8,11-12,15-16H2,1-2H3,(H,31,38)(H,32,39)(H,33,37)/t17-,20?,21?,23+,24-,25+,26-/m1/s1. The molecular formula is C30H43N3O8. The predicted molar refractivity (Wildman–Crippen MR) is 149 cm³/mol. The lowest BCUT2D eigenvalue weighted by atomic mass is 9.87. The normalized spacial score (nSPS) is 25.3. The summed E-state index contributed by atoms with van der Waals surface area (Å²) in [5.41, 5.74) is 0.368. The second-order valence-electron chi connectivity index (χ2n) is 11.6. The van der Waals surface area contributed by atoms with Crippen molar-refractivity contribution >= 4 is 23.5 Å². The Morgan fingerprint density at radius 1 is 0.951 bits per heavy atom. The Kier molecular flexibility index (Phi) is 10.7. The number of aliphatic hydroxyl groups is 2. The van der Waals surface area contributed by atoms with E-state index in [1.807, 2.05) is 0 Å². The van der Waals surface area contributed by atoms with E-state index in [2.05, 4.69) is 16.0 Å². The number of carbonyl (C=O) groups is 4. The summed E-state index contributed by atoms with van der Waals surface area (Å²) in [4.78, 5) is 52.6. The number of methoxy groups -OCH3 is 1. The minimum atomic E-state index is -1.44. The molecule has 1 heterocycles. The number of hydrogen-bond acceptors (Lipinski definition) is 8. The highest BCUT2D eigenvalue weighted by atomic mass is 16.6. The van der Waals surface area contributed by atoms with Crippen molar-refractivity contribution in [2.75, 3.05) is 13.7 Å². The van der Waals surface area contributed by atoms with Crippen molar-refractivity contribution in [1.82, 2.24) is 16.0 Å². The van der Waals surface area contributed by atoms with E-state index in [0.717, 1.165) is 25.7 Å². The summed E-state index contributed by atoms with van der Waals surface area (Å²) in [6.07, 6.45) is 4.34. The summed E-state index contributed by atoms with van der Waals surface area (Å²) in [5.74, 6) is -1.27. The molecule has 0 aromatic heterocycles. The van der Waals surface area contributed by atoms with Crippen molar-refractivity contribution in [3.05, 3.63) is 29.8 Å². The predicted octanol–water partition coefficient (Wildman–Crippen LogP) is 1.30. The van der Waals surface area contributed by atoms with Crippen LogP contribution in [0, 0.1) is 11.8 Å². The topological polar surface area (TPSA) is 167 Å². The van der Waals surface area contributed by atoms with Crippen LogP contribution in [-0.2, 0) is 23.9 Å². The molecule has 0 unspecified atom stereocenters. The van der Waals surface area contributed by atoms with Gasteiger partial charge in [-0.3, -0.25) is 19.2 Å². The van der Waals surface area contributed by atoms with E-state index in [1.165, 1.54) is 14.0 Å². The molecule has 5 N–H and O–H groups in total. The summed E-state index contributed by atoms with van der Waals surface area (Å²) in [7, 11) is 1.51. The number of ether oxygens (including phenoxy) is 2. The largest absolute Gasteiger partial charge is 0.497 e. The van der Waals surface area contributed by atoms with Gasteiger partial charge in [0.2, 0.25) is 17.7 Å². The first-order valence-corrected chi connectivity index (χ1v) is 14.7. The lowest BCUT2D eigenvalue weighted by Gasteiger charge is -2.29. The fourth-order valence-corrected chi connectivity index (χ4v) is 5.82. The lowest BCUT2D eigenvalue weighted by molar-refractivity contribution is -0.136. The van der Waals surface area contributed by atoms with E-state index < -0.39 is 48.3 Å². The molecule has 1 aromatic carbocycles. The number of hydrogen-bond donors (Lipinski definition) is 5. The maximum Gasteiger partial charge on any atom is 0.246 e. The van der Waals surface area contributed by atoms with Crippen LogP contribution in [0.5, 0.6) is 5.75 Å². The molecule has 1 aromatic rings. The number of benzene rings is 1. The van der Waals surface area contributed by atoms with Crippen molar-refractivity contribution in [3.63, 3.8) is 0 Å². The molecule has 2 aliphatic carbocycles. The summed E-state index contributed by atoms with van der Waals surface area (Å²) in [6.45, 7) is 1.83. The monoisotopic (exact) mass is 573 g/mol. The maximum atomic E-state index is 13.7. The van der Waals surface area contributed by atoms with Crippen LogP contribution in [0.1, 0.15) is 76.4 Å². The molecule has 3 aliphatic rings. The van der Waals surface area contributed by atoms with Gasteiger partial charge in [0.05, 0.1) is 25.9 Å². The number of epoxide rings is 1. The summed E-state index contributed by atoms with van der Waals surface area (Å²) < 4.78 is 10.4. The third kappa shape index (κ3) is 8.50. The molecule has 1 aliphatic heterocycles. The summed E-state index contributed by atoms with van der Waals surface area (Å²) in [5, 5.41) is 29.1. The highest BCUT2D eigenvalue weighted by molar-refractivity contribution is 5.96. The van der Waals surface area contributed by atoms with Crippen LogP contribution in [0.2, 0.25) is 0 Å². The number of ketones is 1. The Bertz CT molecular complexity index is 1060. The Hall–Kier alpha value is -3.02. The van der Waals surface area contributed by atoms with Crippen LogP contribution in [0.15, 0.2) is 24.3 Å². The van der Waals surface area contributed by atoms with E-state index in [9.17, 15) is 29.4 Å². The van der Waals surface area contributed by atoms with Gasteiger partial charge in [0, 0.05) is 5.92 Å². The average molecular weight is 574 g/mol. The third-order valence-corrected chi connectivity index (χ3v) is 8.53. The van der Waals surface area contributed by atoms with Gasteiger partial charge < -0.3 is 35.6 Å². The van der Waals surface area contributed by atoms with Crippen molar-refractivity contribution in [2.24, 2.45) is 11.8 Å². The van der Waals surface area contributed by atoms with E-state index in [-0.39, 0.29) is 17.6 Å². The molecule has 11 heteroatoms. The molecule has 1 saturated heterocycles. The summed E-state index contributed by atoms with van der Waals surface area (Å²) in [6, 6.07) is 3.25. The second-order valence-corrected chi connectivity index (χ2v) is 11.6.